The van der Waals surface area contributed by atoms with Gasteiger partial charge in [0.2, 0.25) is 0 Å². The van der Waals surface area contributed by atoms with E-state index in [1.807, 2.05) is 25.2 Å². The Morgan fingerprint density at radius 2 is 2.00 bits per heavy atom. The zero-order valence-electron chi connectivity index (χ0n) is 12.0. The molecule has 0 fully saturated rings. The topological polar surface area (TPSA) is 21.3 Å². The highest BCUT2D eigenvalue weighted by Crippen LogP contribution is 2.22. The van der Waals surface area contributed by atoms with Gasteiger partial charge in [0, 0.05) is 11.1 Å². The number of ether oxygens (including phenoxy) is 1. The van der Waals surface area contributed by atoms with E-state index in [0.717, 1.165) is 23.9 Å². The molecule has 0 bridgehead atoms. The third-order valence-corrected chi connectivity index (χ3v) is 3.90. The molecular formula is C15H21BrF3NO. The van der Waals surface area contributed by atoms with Gasteiger partial charge in [0.05, 0.1) is 0 Å². The Morgan fingerprint density at radius 1 is 1.29 bits per heavy atom. The van der Waals surface area contributed by atoms with E-state index in [9.17, 15) is 13.2 Å². The molecule has 1 rings (SSSR count). The molecule has 1 unspecified atom stereocenters. The third kappa shape index (κ3) is 8.44. The molecule has 0 amide bonds. The second-order valence-electron chi connectivity index (χ2n) is 5.03. The normalized spacial score (nSPS) is 13.4. The van der Waals surface area contributed by atoms with Crippen molar-refractivity contribution < 1.29 is 17.9 Å². The Kier molecular flexibility index (Phi) is 8.29. The molecule has 0 spiro atoms. The van der Waals surface area contributed by atoms with Crippen LogP contribution in [-0.4, -0.2) is 33.0 Å². The first-order valence-electron chi connectivity index (χ1n) is 6.95. The molecule has 0 aliphatic heterocycles. The van der Waals surface area contributed by atoms with Crippen LogP contribution in [0.4, 0.5) is 13.2 Å². The second kappa shape index (κ2) is 9.43. The van der Waals surface area contributed by atoms with Crippen LogP contribution in [0, 0.1) is 5.92 Å². The van der Waals surface area contributed by atoms with Crippen LogP contribution < -0.4 is 5.32 Å². The second-order valence-corrected chi connectivity index (χ2v) is 5.88. The predicted molar refractivity (Wildman–Crippen MR) is 81.4 cm³/mol. The maximum absolute atomic E-state index is 12.0. The fourth-order valence-electron chi connectivity index (χ4n) is 2.20. The first kappa shape index (κ1) is 18.5. The molecule has 120 valence electrons. The highest BCUT2D eigenvalue weighted by Gasteiger charge is 2.27. The average molecular weight is 368 g/mol. The first-order valence-corrected chi connectivity index (χ1v) is 7.74. The summed E-state index contributed by atoms with van der Waals surface area (Å²) in [7, 11) is 1.88. The van der Waals surface area contributed by atoms with Gasteiger partial charge in [-0.3, -0.25) is 0 Å². The largest absolute Gasteiger partial charge is 0.411 e. The van der Waals surface area contributed by atoms with Gasteiger partial charge >= 0.3 is 6.18 Å². The lowest BCUT2D eigenvalue weighted by Gasteiger charge is -2.17. The number of hydrogen-bond acceptors (Lipinski definition) is 2. The minimum atomic E-state index is -4.24. The fraction of sp³-hybridized carbons (Fsp3) is 0.600. The highest BCUT2D eigenvalue weighted by molar-refractivity contribution is 9.10. The van der Waals surface area contributed by atoms with Crippen LogP contribution in [0.25, 0.3) is 0 Å². The molecule has 1 atom stereocenters. The molecule has 0 aromatic heterocycles. The summed E-state index contributed by atoms with van der Waals surface area (Å²) in [6.45, 7) is -0.176. The molecule has 0 aliphatic rings. The predicted octanol–water partition coefficient (Wildman–Crippen LogP) is 4.19. The SMILES string of the molecule is CNCC(CCCOCC(F)(F)F)Cc1ccccc1Br. The van der Waals surface area contributed by atoms with Crippen molar-refractivity contribution in [2.24, 2.45) is 5.92 Å². The van der Waals surface area contributed by atoms with E-state index in [2.05, 4.69) is 32.0 Å². The molecule has 2 nitrogen and oxygen atoms in total. The molecule has 0 saturated heterocycles. The Balaban J connectivity index is 2.35. The summed E-state index contributed by atoms with van der Waals surface area (Å²) in [5.74, 6) is 0.378. The average Bonchev–Trinajstić information content (AvgIpc) is 2.39. The van der Waals surface area contributed by atoms with Crippen molar-refractivity contribution in [3.63, 3.8) is 0 Å². The maximum atomic E-state index is 12.0. The summed E-state index contributed by atoms with van der Waals surface area (Å²) in [5.41, 5.74) is 1.22. The lowest BCUT2D eigenvalue weighted by molar-refractivity contribution is -0.174. The number of alkyl halides is 3. The van der Waals surface area contributed by atoms with E-state index in [1.54, 1.807) is 0 Å². The number of rotatable bonds is 9. The summed E-state index contributed by atoms with van der Waals surface area (Å²) in [4.78, 5) is 0. The Morgan fingerprint density at radius 3 is 2.62 bits per heavy atom. The lowest BCUT2D eigenvalue weighted by Crippen LogP contribution is -2.22. The monoisotopic (exact) mass is 367 g/mol. The van der Waals surface area contributed by atoms with Crippen molar-refractivity contribution in [3.05, 3.63) is 34.3 Å². The lowest BCUT2D eigenvalue weighted by atomic mass is 9.95. The van der Waals surface area contributed by atoms with Crippen molar-refractivity contribution in [2.75, 3.05) is 26.8 Å². The third-order valence-electron chi connectivity index (χ3n) is 3.13. The molecule has 1 aromatic carbocycles. The van der Waals surface area contributed by atoms with Crippen molar-refractivity contribution in [1.82, 2.24) is 5.32 Å². The van der Waals surface area contributed by atoms with Crippen LogP contribution in [0.3, 0.4) is 0 Å². The van der Waals surface area contributed by atoms with Gasteiger partial charge in [-0.25, -0.2) is 0 Å². The molecule has 21 heavy (non-hydrogen) atoms. The van der Waals surface area contributed by atoms with Gasteiger partial charge in [-0.1, -0.05) is 34.1 Å². The Bertz CT molecular complexity index is 412. The minimum Gasteiger partial charge on any atom is -0.372 e. The molecule has 0 heterocycles. The van der Waals surface area contributed by atoms with Crippen molar-refractivity contribution >= 4 is 15.9 Å². The van der Waals surface area contributed by atoms with Crippen LogP contribution >= 0.6 is 15.9 Å². The molecule has 1 aromatic rings. The molecule has 1 N–H and O–H groups in total. The first-order chi connectivity index (χ1) is 9.92. The van der Waals surface area contributed by atoms with E-state index < -0.39 is 12.8 Å². The van der Waals surface area contributed by atoms with Gasteiger partial charge in [0.25, 0.3) is 0 Å². The van der Waals surface area contributed by atoms with E-state index in [-0.39, 0.29) is 6.61 Å². The number of hydrogen-bond donors (Lipinski definition) is 1. The van der Waals surface area contributed by atoms with Crippen molar-refractivity contribution in [2.45, 2.75) is 25.4 Å². The van der Waals surface area contributed by atoms with Crippen LogP contribution in [-0.2, 0) is 11.2 Å². The zero-order chi connectivity index (χ0) is 15.7. The molecular weight excluding hydrogens is 347 g/mol. The van der Waals surface area contributed by atoms with Crippen LogP contribution in [0.2, 0.25) is 0 Å². The van der Waals surface area contributed by atoms with Gasteiger partial charge in [0.1, 0.15) is 6.61 Å². The summed E-state index contributed by atoms with van der Waals surface area (Å²) in [5, 5.41) is 3.14. The summed E-state index contributed by atoms with van der Waals surface area (Å²) < 4.78 is 41.6. The Hall–Kier alpha value is -0.590. The van der Waals surface area contributed by atoms with E-state index in [0.29, 0.717) is 12.3 Å². The smallest absolute Gasteiger partial charge is 0.372 e. The standard InChI is InChI=1S/C15H21BrF3NO/c1-20-10-12(5-4-8-21-11-15(17,18)19)9-13-6-2-3-7-14(13)16/h2-3,6-7,12,20H,4-5,8-11H2,1H3. The van der Waals surface area contributed by atoms with Gasteiger partial charge in [-0.15, -0.1) is 0 Å². The minimum absolute atomic E-state index is 0.148. The number of benzene rings is 1. The maximum Gasteiger partial charge on any atom is 0.411 e. The summed E-state index contributed by atoms with van der Waals surface area (Å²) in [6.07, 6.45) is -1.88. The van der Waals surface area contributed by atoms with Gasteiger partial charge in [0.15, 0.2) is 0 Å². The van der Waals surface area contributed by atoms with E-state index >= 15 is 0 Å². The quantitative estimate of drug-likeness (QED) is 0.660. The molecule has 0 radical (unpaired) electrons. The fourth-order valence-corrected chi connectivity index (χ4v) is 2.65. The summed E-state index contributed by atoms with van der Waals surface area (Å²) in [6, 6.07) is 8.01. The summed E-state index contributed by atoms with van der Waals surface area (Å²) >= 11 is 3.52. The van der Waals surface area contributed by atoms with Gasteiger partial charge in [-0.2, -0.15) is 13.2 Å². The van der Waals surface area contributed by atoms with Crippen LogP contribution in [0.1, 0.15) is 18.4 Å². The van der Waals surface area contributed by atoms with Crippen molar-refractivity contribution in [1.29, 1.82) is 0 Å². The van der Waals surface area contributed by atoms with Crippen LogP contribution in [0.5, 0.6) is 0 Å². The zero-order valence-corrected chi connectivity index (χ0v) is 13.6. The van der Waals surface area contributed by atoms with Crippen molar-refractivity contribution in [3.8, 4) is 0 Å². The van der Waals surface area contributed by atoms with Crippen LogP contribution in [0.15, 0.2) is 28.7 Å². The number of halogens is 4. The highest BCUT2D eigenvalue weighted by atomic mass is 79.9. The Labute approximate surface area is 132 Å². The van der Waals surface area contributed by atoms with E-state index in [4.69, 9.17) is 0 Å². The number of nitrogens with one attached hydrogen (secondary N) is 1. The molecule has 6 heteroatoms. The van der Waals surface area contributed by atoms with Gasteiger partial charge < -0.3 is 10.1 Å². The molecule has 0 saturated carbocycles. The van der Waals surface area contributed by atoms with E-state index in [1.165, 1.54) is 5.56 Å². The van der Waals surface area contributed by atoms with Gasteiger partial charge in [-0.05, 0) is 50.4 Å². The molecule has 0 aliphatic carbocycles.